The molecule has 2 aromatic rings. The number of imidazole rings is 1. The third-order valence-electron chi connectivity index (χ3n) is 2.64. The summed E-state index contributed by atoms with van der Waals surface area (Å²) < 4.78 is 1.82. The molecule has 1 atom stereocenters. The van der Waals surface area contributed by atoms with E-state index in [2.05, 4.69) is 4.98 Å². The Kier molecular flexibility index (Phi) is 3.53. The first-order chi connectivity index (χ1) is 8.26. The molecule has 0 saturated heterocycles. The van der Waals surface area contributed by atoms with Gasteiger partial charge in [-0.1, -0.05) is 12.1 Å². The van der Waals surface area contributed by atoms with Gasteiger partial charge in [-0.25, -0.2) is 4.98 Å². The predicted octanol–water partition coefficient (Wildman–Crippen LogP) is 0.357. The van der Waals surface area contributed by atoms with Crippen LogP contribution < -0.4 is 5.73 Å². The Morgan fingerprint density at radius 1 is 1.24 bits per heavy atom. The first-order valence-corrected chi connectivity index (χ1v) is 5.35. The van der Waals surface area contributed by atoms with E-state index in [1.54, 1.807) is 12.5 Å². The van der Waals surface area contributed by atoms with E-state index >= 15 is 0 Å². The maximum Gasteiger partial charge on any atom is 0.0994 e. The van der Waals surface area contributed by atoms with Gasteiger partial charge in [0.25, 0.3) is 0 Å². The number of benzene rings is 1. The van der Waals surface area contributed by atoms with Gasteiger partial charge in [0.1, 0.15) is 0 Å². The second-order valence-electron chi connectivity index (χ2n) is 3.80. The Bertz CT molecular complexity index is 479. The zero-order valence-electron chi connectivity index (χ0n) is 9.32. The molecule has 90 valence electrons. The van der Waals surface area contributed by atoms with Gasteiger partial charge in [-0.05, 0) is 17.7 Å². The summed E-state index contributed by atoms with van der Waals surface area (Å²) in [6.07, 6.45) is 3.29. The van der Waals surface area contributed by atoms with Gasteiger partial charge < -0.3 is 20.5 Å². The van der Waals surface area contributed by atoms with E-state index in [9.17, 15) is 0 Å². The average Bonchev–Trinajstić information content (AvgIpc) is 2.87. The molecule has 4 N–H and O–H groups in total. The molecule has 1 aromatic heterocycles. The van der Waals surface area contributed by atoms with Crippen molar-refractivity contribution in [3.63, 3.8) is 0 Å². The molecule has 0 amide bonds. The minimum absolute atomic E-state index is 0.0211. The quantitative estimate of drug-likeness (QED) is 0.711. The van der Waals surface area contributed by atoms with Gasteiger partial charge in [-0.2, -0.15) is 0 Å². The molecule has 0 aliphatic heterocycles. The molecule has 2 rings (SSSR count). The molecule has 5 heteroatoms. The van der Waals surface area contributed by atoms with Crippen molar-refractivity contribution in [2.75, 3.05) is 6.61 Å². The van der Waals surface area contributed by atoms with Crippen LogP contribution in [-0.4, -0.2) is 26.4 Å². The minimum Gasteiger partial charge on any atom is -0.394 e. The number of aliphatic hydroxyl groups is 2. The molecule has 0 bridgehead atoms. The molecule has 1 heterocycles. The van der Waals surface area contributed by atoms with E-state index < -0.39 is 6.04 Å². The Morgan fingerprint density at radius 2 is 1.94 bits per heavy atom. The summed E-state index contributed by atoms with van der Waals surface area (Å²) in [5.74, 6) is 0. The van der Waals surface area contributed by atoms with Crippen molar-refractivity contribution < 1.29 is 10.2 Å². The van der Waals surface area contributed by atoms with Gasteiger partial charge in [-0.3, -0.25) is 0 Å². The number of rotatable bonds is 4. The van der Waals surface area contributed by atoms with E-state index in [0.717, 1.165) is 16.9 Å². The lowest BCUT2D eigenvalue weighted by molar-refractivity contribution is 0.265. The van der Waals surface area contributed by atoms with Crippen molar-refractivity contribution >= 4 is 0 Å². The van der Waals surface area contributed by atoms with Crippen molar-refractivity contribution in [3.05, 3.63) is 48.0 Å². The zero-order valence-corrected chi connectivity index (χ0v) is 9.32. The van der Waals surface area contributed by atoms with Crippen LogP contribution in [-0.2, 0) is 6.61 Å². The Morgan fingerprint density at radius 3 is 2.53 bits per heavy atom. The smallest absolute Gasteiger partial charge is 0.0994 e. The molecule has 17 heavy (non-hydrogen) atoms. The van der Waals surface area contributed by atoms with Crippen LogP contribution in [0.25, 0.3) is 5.69 Å². The van der Waals surface area contributed by atoms with Crippen molar-refractivity contribution in [1.82, 2.24) is 9.55 Å². The Balaban J connectivity index is 2.35. The molecular weight excluding hydrogens is 218 g/mol. The minimum atomic E-state index is -0.449. The van der Waals surface area contributed by atoms with Gasteiger partial charge in [-0.15, -0.1) is 0 Å². The number of aromatic nitrogens is 2. The number of hydrogen-bond acceptors (Lipinski definition) is 4. The molecule has 0 radical (unpaired) electrons. The molecule has 5 nitrogen and oxygen atoms in total. The van der Waals surface area contributed by atoms with Crippen molar-refractivity contribution in [1.29, 1.82) is 0 Å². The number of nitrogens with two attached hydrogens (primary N) is 1. The highest BCUT2D eigenvalue weighted by Crippen LogP contribution is 2.16. The van der Waals surface area contributed by atoms with Crippen LogP contribution in [0, 0.1) is 0 Å². The fourth-order valence-electron chi connectivity index (χ4n) is 1.65. The van der Waals surface area contributed by atoms with Crippen molar-refractivity contribution in [3.8, 4) is 5.69 Å². The van der Waals surface area contributed by atoms with Crippen LogP contribution in [0.3, 0.4) is 0 Å². The maximum absolute atomic E-state index is 9.06. The normalized spacial score (nSPS) is 12.6. The van der Waals surface area contributed by atoms with E-state index in [1.165, 1.54) is 0 Å². The summed E-state index contributed by atoms with van der Waals surface area (Å²) in [5.41, 5.74) is 8.29. The molecule has 1 aromatic carbocycles. The highest BCUT2D eigenvalue weighted by Gasteiger charge is 2.11. The van der Waals surface area contributed by atoms with Crippen molar-refractivity contribution in [2.24, 2.45) is 5.73 Å². The number of nitrogens with zero attached hydrogens (tertiary/aromatic N) is 2. The highest BCUT2D eigenvalue weighted by molar-refractivity contribution is 5.36. The third kappa shape index (κ3) is 2.36. The van der Waals surface area contributed by atoms with Crippen LogP contribution in [0.1, 0.15) is 17.3 Å². The zero-order chi connectivity index (χ0) is 12.3. The van der Waals surface area contributed by atoms with E-state index in [-0.39, 0.29) is 13.2 Å². The van der Waals surface area contributed by atoms with Gasteiger partial charge >= 0.3 is 0 Å². The molecule has 0 saturated carbocycles. The average molecular weight is 233 g/mol. The Hall–Kier alpha value is -1.69. The summed E-state index contributed by atoms with van der Waals surface area (Å²) >= 11 is 0. The lowest BCUT2D eigenvalue weighted by Gasteiger charge is -2.12. The predicted molar refractivity (Wildman–Crippen MR) is 63.5 cm³/mol. The fourth-order valence-corrected chi connectivity index (χ4v) is 1.65. The fraction of sp³-hybridized carbons (Fsp3) is 0.250. The summed E-state index contributed by atoms with van der Waals surface area (Å²) in [5, 5.41) is 18.0. The van der Waals surface area contributed by atoms with Crippen LogP contribution in [0.15, 0.2) is 36.8 Å². The Labute approximate surface area is 99.2 Å². The SMILES string of the molecule is NC(CO)c1cncn1-c1ccc(CO)cc1. The van der Waals surface area contributed by atoms with Crippen LogP contribution >= 0.6 is 0 Å². The molecule has 0 spiro atoms. The molecule has 0 aliphatic carbocycles. The van der Waals surface area contributed by atoms with Crippen LogP contribution in [0.2, 0.25) is 0 Å². The van der Waals surface area contributed by atoms with Crippen LogP contribution in [0.5, 0.6) is 0 Å². The maximum atomic E-state index is 9.06. The molecule has 0 fully saturated rings. The molecular formula is C12H15N3O2. The van der Waals surface area contributed by atoms with E-state index in [0.29, 0.717) is 0 Å². The topological polar surface area (TPSA) is 84.3 Å². The summed E-state index contributed by atoms with van der Waals surface area (Å²) in [6.45, 7) is -0.104. The van der Waals surface area contributed by atoms with Gasteiger partial charge in [0.2, 0.25) is 0 Å². The van der Waals surface area contributed by atoms with Gasteiger partial charge in [0.05, 0.1) is 37.5 Å². The second-order valence-corrected chi connectivity index (χ2v) is 3.80. The number of hydrogen-bond donors (Lipinski definition) is 3. The molecule has 0 aliphatic rings. The van der Waals surface area contributed by atoms with Gasteiger partial charge in [0.15, 0.2) is 0 Å². The monoisotopic (exact) mass is 233 g/mol. The first-order valence-electron chi connectivity index (χ1n) is 5.35. The summed E-state index contributed by atoms with van der Waals surface area (Å²) in [4.78, 5) is 4.03. The second kappa shape index (κ2) is 5.09. The standard InChI is InChI=1S/C12H15N3O2/c13-11(7-17)12-5-14-8-15(12)10-3-1-9(6-16)2-4-10/h1-5,8,11,16-17H,6-7,13H2. The summed E-state index contributed by atoms with van der Waals surface area (Å²) in [7, 11) is 0. The first kappa shape index (κ1) is 11.8. The van der Waals surface area contributed by atoms with Crippen LogP contribution in [0.4, 0.5) is 0 Å². The lowest BCUT2D eigenvalue weighted by Crippen LogP contribution is -2.18. The summed E-state index contributed by atoms with van der Waals surface area (Å²) in [6, 6.07) is 6.98. The third-order valence-corrected chi connectivity index (χ3v) is 2.64. The highest BCUT2D eigenvalue weighted by atomic mass is 16.3. The van der Waals surface area contributed by atoms with Gasteiger partial charge in [0, 0.05) is 5.69 Å². The van der Waals surface area contributed by atoms with Crippen molar-refractivity contribution in [2.45, 2.75) is 12.6 Å². The van der Waals surface area contributed by atoms with E-state index in [1.807, 2.05) is 28.8 Å². The largest absolute Gasteiger partial charge is 0.394 e. The van der Waals surface area contributed by atoms with E-state index in [4.69, 9.17) is 15.9 Å². The molecule has 1 unspecified atom stereocenters. The number of aliphatic hydroxyl groups excluding tert-OH is 2. The lowest BCUT2D eigenvalue weighted by atomic mass is 10.2.